The van der Waals surface area contributed by atoms with Gasteiger partial charge in [-0.25, -0.2) is 4.39 Å². The van der Waals surface area contributed by atoms with Crippen LogP contribution in [0.3, 0.4) is 0 Å². The first-order valence-electron chi connectivity index (χ1n) is 7.20. The Labute approximate surface area is 142 Å². The summed E-state index contributed by atoms with van der Waals surface area (Å²) in [5.74, 6) is -2.34. The molecule has 1 aromatic heterocycles. The van der Waals surface area contributed by atoms with Crippen molar-refractivity contribution >= 4 is 23.2 Å². The van der Waals surface area contributed by atoms with Crippen molar-refractivity contribution in [2.24, 2.45) is 5.92 Å². The van der Waals surface area contributed by atoms with Gasteiger partial charge in [0.1, 0.15) is 16.1 Å². The fourth-order valence-corrected chi connectivity index (χ4v) is 3.05. The Morgan fingerprint density at radius 1 is 1.17 bits per heavy atom. The van der Waals surface area contributed by atoms with Crippen molar-refractivity contribution in [2.75, 3.05) is 13.1 Å². The lowest BCUT2D eigenvalue weighted by atomic mass is 9.95. The van der Waals surface area contributed by atoms with Gasteiger partial charge in [0.05, 0.1) is 0 Å². The van der Waals surface area contributed by atoms with E-state index in [9.17, 15) is 8.78 Å². The molecule has 3 rings (SSSR count). The van der Waals surface area contributed by atoms with Crippen LogP contribution < -0.4 is 10.1 Å². The molecule has 0 radical (unpaired) electrons. The lowest BCUT2D eigenvalue weighted by Gasteiger charge is -2.24. The average molecular weight is 359 g/mol. The van der Waals surface area contributed by atoms with Crippen LogP contribution in [0.1, 0.15) is 18.1 Å². The second kappa shape index (κ2) is 6.99. The molecular formula is C16H14Cl2F2N2O. The molecule has 1 aliphatic heterocycles. The van der Waals surface area contributed by atoms with Crippen LogP contribution in [-0.2, 0) is 0 Å². The number of benzene rings is 1. The summed E-state index contributed by atoms with van der Waals surface area (Å²) in [6, 6.07) is 9.46. The summed E-state index contributed by atoms with van der Waals surface area (Å²) in [5.41, 5.74) is 0.898. The molecule has 1 N–H and O–H groups in total. The normalized spacial score (nSPS) is 18.9. The fourth-order valence-electron chi connectivity index (χ4n) is 2.68. The van der Waals surface area contributed by atoms with E-state index in [1.165, 1.54) is 0 Å². The number of pyridine rings is 1. The monoisotopic (exact) mass is 358 g/mol. The molecule has 1 aliphatic rings. The summed E-state index contributed by atoms with van der Waals surface area (Å²) in [6.07, 6.45) is 0.478. The van der Waals surface area contributed by atoms with Crippen LogP contribution >= 0.6 is 23.2 Å². The van der Waals surface area contributed by atoms with Crippen molar-refractivity contribution in [1.29, 1.82) is 0 Å². The Balaban J connectivity index is 1.96. The zero-order valence-corrected chi connectivity index (χ0v) is 13.5. The molecule has 122 valence electrons. The van der Waals surface area contributed by atoms with Crippen molar-refractivity contribution in [3.05, 3.63) is 57.7 Å². The van der Waals surface area contributed by atoms with Gasteiger partial charge in [0.15, 0.2) is 5.82 Å². The van der Waals surface area contributed by atoms with E-state index in [2.05, 4.69) is 10.3 Å². The van der Waals surface area contributed by atoms with Gasteiger partial charge < -0.3 is 10.1 Å². The highest BCUT2D eigenvalue weighted by molar-refractivity contribution is 6.35. The minimum absolute atomic E-state index is 0.150. The SMILES string of the molecule is Fc1nc(O[C@H](c2ccccc2)[C@@H]2CCNC2)c(Cl)c(F)c1Cl. The maximum absolute atomic E-state index is 13.8. The molecule has 2 atom stereocenters. The van der Waals surface area contributed by atoms with E-state index in [1.807, 2.05) is 30.3 Å². The molecule has 0 saturated carbocycles. The molecule has 1 fully saturated rings. The molecule has 2 aromatic rings. The summed E-state index contributed by atoms with van der Waals surface area (Å²) >= 11 is 11.4. The number of nitrogens with one attached hydrogen (secondary N) is 1. The van der Waals surface area contributed by atoms with Crippen LogP contribution in [0.5, 0.6) is 5.88 Å². The molecular weight excluding hydrogens is 345 g/mol. The largest absolute Gasteiger partial charge is 0.468 e. The second-order valence-corrected chi connectivity index (χ2v) is 6.11. The number of hydrogen-bond donors (Lipinski definition) is 1. The fraction of sp³-hybridized carbons (Fsp3) is 0.312. The van der Waals surface area contributed by atoms with E-state index in [0.29, 0.717) is 0 Å². The maximum atomic E-state index is 13.8. The lowest BCUT2D eigenvalue weighted by Crippen LogP contribution is -2.22. The predicted octanol–water partition coefficient (Wildman–Crippen LogP) is 4.40. The number of rotatable bonds is 4. The van der Waals surface area contributed by atoms with Crippen molar-refractivity contribution < 1.29 is 13.5 Å². The number of nitrogens with zero attached hydrogens (tertiary/aromatic N) is 1. The third-order valence-corrected chi connectivity index (χ3v) is 4.50. The quantitative estimate of drug-likeness (QED) is 0.822. The zero-order chi connectivity index (χ0) is 16.4. The Kier molecular flexibility index (Phi) is 4.99. The van der Waals surface area contributed by atoms with Gasteiger partial charge >= 0.3 is 0 Å². The molecule has 7 heteroatoms. The second-order valence-electron chi connectivity index (χ2n) is 5.35. The van der Waals surface area contributed by atoms with Crippen LogP contribution in [0.25, 0.3) is 0 Å². The lowest BCUT2D eigenvalue weighted by molar-refractivity contribution is 0.136. The molecule has 1 saturated heterocycles. The molecule has 0 unspecified atom stereocenters. The average Bonchev–Trinajstić information content (AvgIpc) is 3.10. The van der Waals surface area contributed by atoms with Crippen LogP contribution in [-0.4, -0.2) is 18.1 Å². The Morgan fingerprint density at radius 2 is 1.91 bits per heavy atom. The minimum atomic E-state index is -1.14. The first-order chi connectivity index (χ1) is 11.1. The Morgan fingerprint density at radius 3 is 2.57 bits per heavy atom. The van der Waals surface area contributed by atoms with E-state index in [4.69, 9.17) is 27.9 Å². The molecule has 2 heterocycles. The van der Waals surface area contributed by atoms with Crippen molar-refractivity contribution in [1.82, 2.24) is 10.3 Å². The van der Waals surface area contributed by atoms with E-state index < -0.39 is 27.9 Å². The zero-order valence-electron chi connectivity index (χ0n) is 12.0. The molecule has 1 aromatic carbocycles. The van der Waals surface area contributed by atoms with Crippen molar-refractivity contribution in [3.8, 4) is 5.88 Å². The molecule has 3 nitrogen and oxygen atoms in total. The van der Waals surface area contributed by atoms with Gasteiger partial charge in [-0.15, -0.1) is 0 Å². The van der Waals surface area contributed by atoms with Gasteiger partial charge in [-0.3, -0.25) is 0 Å². The first-order valence-corrected chi connectivity index (χ1v) is 7.96. The van der Waals surface area contributed by atoms with Gasteiger partial charge in [-0.2, -0.15) is 9.37 Å². The maximum Gasteiger partial charge on any atom is 0.239 e. The summed E-state index contributed by atoms with van der Waals surface area (Å²) < 4.78 is 33.3. The van der Waals surface area contributed by atoms with E-state index in [-0.39, 0.29) is 11.8 Å². The number of ether oxygens (including phenoxy) is 1. The smallest absolute Gasteiger partial charge is 0.239 e. The van der Waals surface area contributed by atoms with Crippen LogP contribution in [0.4, 0.5) is 8.78 Å². The summed E-state index contributed by atoms with van der Waals surface area (Å²) in [6.45, 7) is 1.61. The highest BCUT2D eigenvalue weighted by atomic mass is 35.5. The van der Waals surface area contributed by atoms with Gasteiger partial charge in [0.25, 0.3) is 0 Å². The Bertz CT molecular complexity index is 694. The van der Waals surface area contributed by atoms with Crippen LogP contribution in [0.15, 0.2) is 30.3 Å². The Hall–Kier alpha value is -1.43. The summed E-state index contributed by atoms with van der Waals surface area (Å²) in [7, 11) is 0. The van der Waals surface area contributed by atoms with Crippen LogP contribution in [0, 0.1) is 17.7 Å². The van der Waals surface area contributed by atoms with Crippen LogP contribution in [0.2, 0.25) is 10.0 Å². The molecule has 0 bridgehead atoms. The number of aromatic nitrogens is 1. The van der Waals surface area contributed by atoms with Gasteiger partial charge in [0.2, 0.25) is 11.8 Å². The predicted molar refractivity (Wildman–Crippen MR) is 85.0 cm³/mol. The third kappa shape index (κ3) is 3.42. The number of hydrogen-bond acceptors (Lipinski definition) is 3. The molecule has 0 spiro atoms. The molecule has 0 aliphatic carbocycles. The highest BCUT2D eigenvalue weighted by Gasteiger charge is 2.30. The first kappa shape index (κ1) is 16.4. The van der Waals surface area contributed by atoms with Gasteiger partial charge in [-0.1, -0.05) is 53.5 Å². The molecule has 0 amide bonds. The summed E-state index contributed by atoms with van der Waals surface area (Å²) in [4.78, 5) is 3.56. The van der Waals surface area contributed by atoms with E-state index in [0.717, 1.165) is 25.1 Å². The van der Waals surface area contributed by atoms with Gasteiger partial charge in [-0.05, 0) is 18.5 Å². The molecule has 23 heavy (non-hydrogen) atoms. The van der Waals surface area contributed by atoms with Crippen molar-refractivity contribution in [2.45, 2.75) is 12.5 Å². The minimum Gasteiger partial charge on any atom is -0.468 e. The standard InChI is InChI=1S/C16H14Cl2F2N2O/c17-11-13(19)12(18)16(22-15(11)20)23-14(10-6-7-21-8-10)9-4-2-1-3-5-9/h1-5,10,14,21H,6-8H2/t10-,14-/m1/s1. The van der Waals surface area contributed by atoms with E-state index >= 15 is 0 Å². The van der Waals surface area contributed by atoms with E-state index in [1.54, 1.807) is 0 Å². The topological polar surface area (TPSA) is 34.1 Å². The summed E-state index contributed by atoms with van der Waals surface area (Å²) in [5, 5.41) is 2.10. The highest BCUT2D eigenvalue weighted by Crippen LogP contribution is 2.37. The third-order valence-electron chi connectivity index (χ3n) is 3.85. The van der Waals surface area contributed by atoms with Crippen molar-refractivity contribution in [3.63, 3.8) is 0 Å². The van der Waals surface area contributed by atoms with Gasteiger partial charge in [0, 0.05) is 12.5 Å². The number of halogens is 4.